The molecule has 0 unspecified atom stereocenters. The molecule has 7 nitrogen and oxygen atoms in total. The van der Waals surface area contributed by atoms with Gasteiger partial charge in [0.15, 0.2) is 11.5 Å². The van der Waals surface area contributed by atoms with E-state index in [2.05, 4.69) is 10.2 Å². The average Bonchev–Trinajstić information content (AvgIpc) is 3.22. The molecular formula is C22H18N2O5S. The Balaban J connectivity index is 1.34. The first kappa shape index (κ1) is 18.7. The molecule has 3 heterocycles. The number of fused-ring (bicyclic) bond motifs is 2. The van der Waals surface area contributed by atoms with E-state index in [0.717, 1.165) is 22.1 Å². The van der Waals surface area contributed by atoms with Gasteiger partial charge in [0.1, 0.15) is 12.2 Å². The first-order valence-corrected chi connectivity index (χ1v) is 10.4. The molecule has 2 aromatic heterocycles. The minimum absolute atomic E-state index is 0.298. The average molecular weight is 422 g/mol. The van der Waals surface area contributed by atoms with Crippen LogP contribution >= 0.6 is 11.8 Å². The van der Waals surface area contributed by atoms with E-state index in [1.807, 2.05) is 50.2 Å². The topological polar surface area (TPSA) is 87.6 Å². The maximum atomic E-state index is 12.0. The van der Waals surface area contributed by atoms with E-state index in [9.17, 15) is 4.79 Å². The summed E-state index contributed by atoms with van der Waals surface area (Å²) in [5, 5.41) is 9.52. The standard InChI is InChI=1S/C22H18N2O5S/c1-12-7-15-14(9-20(25)28-18(15)8-13(12)2)11-30-22-24-23-21(29-22)19-10-26-16-5-3-4-6-17(16)27-19/h3-9,19H,10-11H2,1-2H3/t19-/m0/s1. The highest BCUT2D eigenvalue weighted by Gasteiger charge is 2.27. The fraction of sp³-hybridized carbons (Fsp3) is 0.227. The van der Waals surface area contributed by atoms with Crippen LogP contribution in [0.5, 0.6) is 11.5 Å². The fourth-order valence-corrected chi connectivity index (χ4v) is 4.05. The summed E-state index contributed by atoms with van der Waals surface area (Å²) < 4.78 is 22.7. The van der Waals surface area contributed by atoms with Crippen LogP contribution < -0.4 is 15.1 Å². The summed E-state index contributed by atoms with van der Waals surface area (Å²) >= 11 is 1.36. The third kappa shape index (κ3) is 3.54. The quantitative estimate of drug-likeness (QED) is 0.348. The molecule has 0 saturated carbocycles. The Morgan fingerprint density at radius 3 is 2.70 bits per heavy atom. The van der Waals surface area contributed by atoms with Crippen molar-refractivity contribution in [3.05, 3.63) is 75.5 Å². The minimum Gasteiger partial charge on any atom is -0.485 e. The molecule has 0 N–H and O–H groups in total. The number of aryl methyl sites for hydroxylation is 2. The van der Waals surface area contributed by atoms with Crippen molar-refractivity contribution in [2.75, 3.05) is 6.61 Å². The molecule has 0 fully saturated rings. The van der Waals surface area contributed by atoms with Crippen LogP contribution in [-0.2, 0) is 5.75 Å². The number of rotatable bonds is 4. The van der Waals surface area contributed by atoms with Crippen LogP contribution in [0.25, 0.3) is 11.0 Å². The lowest BCUT2D eigenvalue weighted by Gasteiger charge is -2.23. The molecule has 152 valence electrons. The highest BCUT2D eigenvalue weighted by molar-refractivity contribution is 7.98. The van der Waals surface area contributed by atoms with Crippen molar-refractivity contribution in [2.45, 2.75) is 30.9 Å². The van der Waals surface area contributed by atoms with Crippen LogP contribution in [0.1, 0.15) is 28.7 Å². The molecule has 5 rings (SSSR count). The zero-order valence-electron chi connectivity index (χ0n) is 16.4. The van der Waals surface area contributed by atoms with Crippen LogP contribution in [0.3, 0.4) is 0 Å². The molecule has 0 amide bonds. The van der Waals surface area contributed by atoms with E-state index in [4.69, 9.17) is 18.3 Å². The van der Waals surface area contributed by atoms with Crippen LogP contribution in [0.4, 0.5) is 0 Å². The van der Waals surface area contributed by atoms with Crippen molar-refractivity contribution >= 4 is 22.7 Å². The number of hydrogen-bond acceptors (Lipinski definition) is 8. The smallest absolute Gasteiger partial charge is 0.336 e. The predicted octanol–water partition coefficient (Wildman–Crippen LogP) is 4.60. The molecule has 30 heavy (non-hydrogen) atoms. The Morgan fingerprint density at radius 1 is 1.03 bits per heavy atom. The van der Waals surface area contributed by atoms with Crippen molar-refractivity contribution < 1.29 is 18.3 Å². The van der Waals surface area contributed by atoms with E-state index in [0.29, 0.717) is 40.6 Å². The Bertz CT molecular complexity index is 1300. The van der Waals surface area contributed by atoms with E-state index in [1.165, 1.54) is 17.8 Å². The van der Waals surface area contributed by atoms with Gasteiger partial charge in [-0.2, -0.15) is 0 Å². The molecule has 0 saturated heterocycles. The van der Waals surface area contributed by atoms with Gasteiger partial charge in [0.25, 0.3) is 11.1 Å². The third-order valence-corrected chi connectivity index (χ3v) is 5.87. The summed E-state index contributed by atoms with van der Waals surface area (Å²) in [6.07, 6.45) is -0.461. The third-order valence-electron chi connectivity index (χ3n) is 5.00. The largest absolute Gasteiger partial charge is 0.485 e. The molecule has 0 bridgehead atoms. The second-order valence-electron chi connectivity index (χ2n) is 7.08. The van der Waals surface area contributed by atoms with Gasteiger partial charge in [-0.3, -0.25) is 0 Å². The van der Waals surface area contributed by atoms with Crippen LogP contribution in [0, 0.1) is 13.8 Å². The van der Waals surface area contributed by atoms with Gasteiger partial charge in [0.05, 0.1) is 0 Å². The second-order valence-corrected chi connectivity index (χ2v) is 8.01. The zero-order valence-corrected chi connectivity index (χ0v) is 17.2. The number of benzene rings is 2. The number of para-hydroxylation sites is 2. The lowest BCUT2D eigenvalue weighted by atomic mass is 10.0. The van der Waals surface area contributed by atoms with Gasteiger partial charge in [-0.25, -0.2) is 4.79 Å². The van der Waals surface area contributed by atoms with Crippen molar-refractivity contribution in [1.29, 1.82) is 0 Å². The highest BCUT2D eigenvalue weighted by atomic mass is 32.2. The Labute approximate surface area is 176 Å². The maximum Gasteiger partial charge on any atom is 0.336 e. The van der Waals surface area contributed by atoms with Crippen molar-refractivity contribution in [3.63, 3.8) is 0 Å². The zero-order chi connectivity index (χ0) is 20.7. The van der Waals surface area contributed by atoms with E-state index in [1.54, 1.807) is 0 Å². The van der Waals surface area contributed by atoms with E-state index < -0.39 is 6.10 Å². The Morgan fingerprint density at radius 2 is 1.83 bits per heavy atom. The fourth-order valence-electron chi connectivity index (χ4n) is 3.29. The number of hydrogen-bond donors (Lipinski definition) is 0. The highest BCUT2D eigenvalue weighted by Crippen LogP contribution is 2.36. The molecule has 0 aliphatic carbocycles. The summed E-state index contributed by atoms with van der Waals surface area (Å²) in [5.41, 5.74) is 3.28. The summed E-state index contributed by atoms with van der Waals surface area (Å²) in [6.45, 7) is 4.32. The van der Waals surface area contributed by atoms with Gasteiger partial charge in [-0.1, -0.05) is 23.9 Å². The normalized spacial score (nSPS) is 15.5. The van der Waals surface area contributed by atoms with Gasteiger partial charge < -0.3 is 18.3 Å². The van der Waals surface area contributed by atoms with Gasteiger partial charge in [-0.15, -0.1) is 10.2 Å². The molecule has 2 aromatic carbocycles. The predicted molar refractivity (Wildman–Crippen MR) is 111 cm³/mol. The number of aromatic nitrogens is 2. The molecule has 8 heteroatoms. The maximum absolute atomic E-state index is 12.0. The molecule has 1 aliphatic heterocycles. The van der Waals surface area contributed by atoms with Crippen LogP contribution in [-0.4, -0.2) is 16.8 Å². The number of nitrogens with zero attached hydrogens (tertiary/aromatic N) is 2. The second kappa shape index (κ2) is 7.53. The summed E-state index contributed by atoms with van der Waals surface area (Å²) in [5.74, 6) is 2.20. The minimum atomic E-state index is -0.461. The van der Waals surface area contributed by atoms with Crippen molar-refractivity contribution in [3.8, 4) is 11.5 Å². The van der Waals surface area contributed by atoms with Gasteiger partial charge in [-0.05, 0) is 54.8 Å². The first-order valence-electron chi connectivity index (χ1n) is 9.45. The van der Waals surface area contributed by atoms with Gasteiger partial charge in [0.2, 0.25) is 6.10 Å². The Hall–Kier alpha value is -3.26. The SMILES string of the molecule is Cc1cc2oc(=O)cc(CSc3nnc([C@@H]4COc5ccccc5O4)o3)c2cc1C. The van der Waals surface area contributed by atoms with Crippen molar-refractivity contribution in [2.24, 2.45) is 0 Å². The van der Waals surface area contributed by atoms with Crippen molar-refractivity contribution in [1.82, 2.24) is 10.2 Å². The lowest BCUT2D eigenvalue weighted by molar-refractivity contribution is 0.0686. The molecule has 0 radical (unpaired) electrons. The molecule has 4 aromatic rings. The van der Waals surface area contributed by atoms with Gasteiger partial charge in [0, 0.05) is 17.2 Å². The van der Waals surface area contributed by atoms with Crippen LogP contribution in [0.15, 0.2) is 61.3 Å². The summed E-state index contributed by atoms with van der Waals surface area (Å²) in [6, 6.07) is 12.9. The number of thioether (sulfide) groups is 1. The van der Waals surface area contributed by atoms with Gasteiger partial charge >= 0.3 is 5.63 Å². The molecule has 1 aliphatic rings. The van der Waals surface area contributed by atoms with E-state index in [-0.39, 0.29) is 5.63 Å². The summed E-state index contributed by atoms with van der Waals surface area (Å²) in [7, 11) is 0. The Kier molecular flexibility index (Phi) is 4.71. The monoisotopic (exact) mass is 422 g/mol. The van der Waals surface area contributed by atoms with E-state index >= 15 is 0 Å². The summed E-state index contributed by atoms with van der Waals surface area (Å²) in [4.78, 5) is 12.0. The van der Waals surface area contributed by atoms with Crippen LogP contribution in [0.2, 0.25) is 0 Å². The first-order chi connectivity index (χ1) is 14.6. The molecular weight excluding hydrogens is 404 g/mol. The molecule has 0 spiro atoms. The number of ether oxygens (including phenoxy) is 2. The lowest BCUT2D eigenvalue weighted by Crippen LogP contribution is -2.21. The molecule has 1 atom stereocenters.